The van der Waals surface area contributed by atoms with Crippen molar-refractivity contribution < 1.29 is 9.90 Å². The molecule has 3 aromatic rings. The van der Waals surface area contributed by atoms with Crippen LogP contribution in [0.1, 0.15) is 34.6 Å². The van der Waals surface area contributed by atoms with Crippen LogP contribution in [-0.2, 0) is 12.0 Å². The molecule has 0 atom stereocenters. The molecule has 0 saturated carbocycles. The Balaban J connectivity index is 1.53. The summed E-state index contributed by atoms with van der Waals surface area (Å²) in [6.45, 7) is 2.51. The highest BCUT2D eigenvalue weighted by Gasteiger charge is 2.35. The van der Waals surface area contributed by atoms with Crippen LogP contribution in [-0.4, -0.2) is 52.6 Å². The van der Waals surface area contributed by atoms with E-state index in [1.54, 1.807) is 12.1 Å². The van der Waals surface area contributed by atoms with Crippen molar-refractivity contribution in [3.63, 3.8) is 0 Å². The second-order valence-electron chi connectivity index (χ2n) is 7.71. The van der Waals surface area contributed by atoms with E-state index in [0.717, 1.165) is 37.0 Å². The minimum absolute atomic E-state index is 0.0361. The Morgan fingerprint density at radius 3 is 2.68 bits per heavy atom. The number of hydrogen-bond acceptors (Lipinski definition) is 4. The fourth-order valence-corrected chi connectivity index (χ4v) is 4.04. The van der Waals surface area contributed by atoms with E-state index in [4.69, 9.17) is 0 Å². The van der Waals surface area contributed by atoms with E-state index in [0.29, 0.717) is 17.9 Å². The summed E-state index contributed by atoms with van der Waals surface area (Å²) in [6, 6.07) is 15.9. The van der Waals surface area contributed by atoms with E-state index in [-0.39, 0.29) is 17.9 Å². The molecule has 0 bridgehead atoms. The van der Waals surface area contributed by atoms with Gasteiger partial charge in [-0.1, -0.05) is 30.3 Å². The minimum Gasteiger partial charge on any atom is -0.388 e. The highest BCUT2D eigenvalue weighted by molar-refractivity contribution is 5.97. The maximum Gasteiger partial charge on any atom is 0.251 e. The lowest BCUT2D eigenvalue weighted by atomic mass is 9.72. The molecular weight excluding hydrogens is 352 g/mol. The van der Waals surface area contributed by atoms with Gasteiger partial charge >= 0.3 is 0 Å². The second-order valence-corrected chi connectivity index (χ2v) is 7.71. The fraction of sp³-hybridized carbons (Fsp3) is 0.364. The molecule has 1 aliphatic rings. The Kier molecular flexibility index (Phi) is 5.15. The third kappa shape index (κ3) is 3.66. The topological polar surface area (TPSA) is 81.2 Å². The summed E-state index contributed by atoms with van der Waals surface area (Å²) in [6.07, 6.45) is 2.04. The summed E-state index contributed by atoms with van der Waals surface area (Å²) < 4.78 is 0. The van der Waals surface area contributed by atoms with Crippen molar-refractivity contribution in [1.82, 2.24) is 20.2 Å². The summed E-state index contributed by atoms with van der Waals surface area (Å²) >= 11 is 0. The molecule has 4 rings (SSSR count). The van der Waals surface area contributed by atoms with E-state index in [9.17, 15) is 9.90 Å². The van der Waals surface area contributed by atoms with Gasteiger partial charge in [-0.25, -0.2) is 4.98 Å². The van der Waals surface area contributed by atoms with Crippen molar-refractivity contribution in [3.8, 4) is 0 Å². The van der Waals surface area contributed by atoms with Gasteiger partial charge in [0.05, 0.1) is 11.0 Å². The average Bonchev–Trinajstić information content (AvgIpc) is 3.16. The molecule has 1 fully saturated rings. The van der Waals surface area contributed by atoms with Crippen LogP contribution in [0.2, 0.25) is 0 Å². The molecule has 1 saturated heterocycles. The minimum atomic E-state index is -0.149. The number of nitrogens with one attached hydrogen (secondary N) is 2. The first kappa shape index (κ1) is 18.7. The third-order valence-corrected chi connectivity index (χ3v) is 5.86. The number of nitrogens with zero attached hydrogens (tertiary/aromatic N) is 2. The Bertz CT molecular complexity index is 959. The number of likely N-dealkylation sites (tertiary alicyclic amines) is 1. The summed E-state index contributed by atoms with van der Waals surface area (Å²) in [4.78, 5) is 22.5. The highest BCUT2D eigenvalue weighted by Crippen LogP contribution is 2.34. The molecule has 0 unspecified atom stereocenters. The average molecular weight is 378 g/mol. The van der Waals surface area contributed by atoms with Gasteiger partial charge in [-0.2, -0.15) is 0 Å². The smallest absolute Gasteiger partial charge is 0.251 e. The van der Waals surface area contributed by atoms with Crippen LogP contribution in [0, 0.1) is 0 Å². The number of aliphatic hydroxyl groups excluding tert-OH is 1. The van der Waals surface area contributed by atoms with E-state index < -0.39 is 0 Å². The number of rotatable bonds is 5. The number of aromatic nitrogens is 2. The fourth-order valence-electron chi connectivity index (χ4n) is 4.04. The van der Waals surface area contributed by atoms with Crippen LogP contribution in [0.4, 0.5) is 0 Å². The third-order valence-electron chi connectivity index (χ3n) is 5.86. The van der Waals surface area contributed by atoms with Crippen LogP contribution in [0.15, 0.2) is 48.5 Å². The Morgan fingerprint density at radius 1 is 1.21 bits per heavy atom. The van der Waals surface area contributed by atoms with Crippen molar-refractivity contribution in [3.05, 3.63) is 65.5 Å². The second kappa shape index (κ2) is 7.73. The summed E-state index contributed by atoms with van der Waals surface area (Å²) in [5.74, 6) is 0.415. The lowest BCUT2D eigenvalue weighted by Crippen LogP contribution is -2.48. The van der Waals surface area contributed by atoms with Crippen LogP contribution in [0.25, 0.3) is 11.0 Å². The molecule has 1 aliphatic heterocycles. The number of aromatic amines is 1. The van der Waals surface area contributed by atoms with Gasteiger partial charge in [-0.05, 0) is 56.7 Å². The van der Waals surface area contributed by atoms with Crippen molar-refractivity contribution in [2.45, 2.75) is 24.9 Å². The van der Waals surface area contributed by atoms with Crippen LogP contribution >= 0.6 is 0 Å². The first-order valence-electron chi connectivity index (χ1n) is 9.71. The SMILES string of the molecule is CN1CCC(CNC(=O)c2ccc3nc(CO)[nH]c3c2)(c2ccccc2)CC1. The first-order valence-corrected chi connectivity index (χ1v) is 9.71. The van der Waals surface area contributed by atoms with E-state index >= 15 is 0 Å². The molecule has 6 nitrogen and oxygen atoms in total. The standard InChI is InChI=1S/C22H26N4O2/c1-26-11-9-22(10-12-26,17-5-3-2-4-6-17)15-23-21(28)16-7-8-18-19(13-16)25-20(14-27)24-18/h2-8,13,27H,9-12,14-15H2,1H3,(H,23,28)(H,24,25). The van der Waals surface area contributed by atoms with Crippen LogP contribution in [0.3, 0.4) is 0 Å². The van der Waals surface area contributed by atoms with Gasteiger partial charge in [0.25, 0.3) is 5.91 Å². The molecule has 6 heteroatoms. The van der Waals surface area contributed by atoms with Crippen molar-refractivity contribution in [2.75, 3.05) is 26.7 Å². The predicted molar refractivity (Wildman–Crippen MR) is 109 cm³/mol. The number of amides is 1. The Labute approximate surface area is 164 Å². The number of fused-ring (bicyclic) bond motifs is 1. The molecule has 0 aliphatic carbocycles. The zero-order chi connectivity index (χ0) is 19.6. The van der Waals surface area contributed by atoms with E-state index in [2.05, 4.69) is 51.5 Å². The lowest BCUT2D eigenvalue weighted by molar-refractivity contribution is 0.0928. The molecule has 28 heavy (non-hydrogen) atoms. The van der Waals surface area contributed by atoms with E-state index in [1.165, 1.54) is 5.56 Å². The van der Waals surface area contributed by atoms with Gasteiger partial charge in [0.15, 0.2) is 0 Å². The van der Waals surface area contributed by atoms with Gasteiger partial charge in [-0.15, -0.1) is 0 Å². The van der Waals surface area contributed by atoms with Gasteiger partial charge in [0.2, 0.25) is 0 Å². The summed E-state index contributed by atoms with van der Waals surface area (Å²) in [5.41, 5.74) is 3.35. The first-order chi connectivity index (χ1) is 13.6. The largest absolute Gasteiger partial charge is 0.388 e. The normalized spacial score (nSPS) is 16.9. The number of aliphatic hydroxyl groups is 1. The molecule has 0 spiro atoms. The predicted octanol–water partition coefficient (Wildman–Crippen LogP) is 2.45. The maximum atomic E-state index is 12.8. The number of H-pyrrole nitrogens is 1. The summed E-state index contributed by atoms with van der Waals surface area (Å²) in [5, 5.41) is 12.4. The molecule has 0 radical (unpaired) electrons. The monoisotopic (exact) mass is 378 g/mol. The van der Waals surface area contributed by atoms with Gasteiger partial charge in [0, 0.05) is 17.5 Å². The number of carbonyl (C=O) groups excluding carboxylic acids is 1. The molecular formula is C22H26N4O2. The molecule has 146 valence electrons. The highest BCUT2D eigenvalue weighted by atomic mass is 16.3. The molecule has 1 amide bonds. The molecule has 1 aromatic heterocycles. The van der Waals surface area contributed by atoms with Gasteiger partial charge in [0.1, 0.15) is 12.4 Å². The Hall–Kier alpha value is -2.70. The van der Waals surface area contributed by atoms with Crippen molar-refractivity contribution >= 4 is 16.9 Å². The van der Waals surface area contributed by atoms with Crippen LogP contribution < -0.4 is 5.32 Å². The number of piperidine rings is 1. The molecule has 2 heterocycles. The maximum absolute atomic E-state index is 12.8. The number of carbonyl (C=O) groups is 1. The van der Waals surface area contributed by atoms with Gasteiger partial charge < -0.3 is 20.3 Å². The number of benzene rings is 2. The number of imidazole rings is 1. The van der Waals surface area contributed by atoms with Gasteiger partial charge in [-0.3, -0.25) is 4.79 Å². The lowest BCUT2D eigenvalue weighted by Gasteiger charge is -2.41. The molecule has 2 aromatic carbocycles. The Morgan fingerprint density at radius 2 is 1.96 bits per heavy atom. The quantitative estimate of drug-likeness (QED) is 0.637. The number of hydrogen-bond donors (Lipinski definition) is 3. The van der Waals surface area contributed by atoms with Crippen LogP contribution in [0.5, 0.6) is 0 Å². The van der Waals surface area contributed by atoms with Crippen molar-refractivity contribution in [2.24, 2.45) is 0 Å². The summed E-state index contributed by atoms with van der Waals surface area (Å²) in [7, 11) is 2.15. The zero-order valence-corrected chi connectivity index (χ0v) is 16.1. The molecule has 3 N–H and O–H groups in total. The van der Waals surface area contributed by atoms with Crippen molar-refractivity contribution in [1.29, 1.82) is 0 Å². The van der Waals surface area contributed by atoms with E-state index in [1.807, 2.05) is 12.1 Å². The zero-order valence-electron chi connectivity index (χ0n) is 16.1.